The zero-order valence-corrected chi connectivity index (χ0v) is 8.91. The van der Waals surface area contributed by atoms with Crippen molar-refractivity contribution in [3.8, 4) is 0 Å². The van der Waals surface area contributed by atoms with Crippen LogP contribution in [0.4, 0.5) is 0 Å². The van der Waals surface area contributed by atoms with E-state index < -0.39 is 5.97 Å². The molecule has 0 bridgehead atoms. The molecule has 1 rings (SSSR count). The van der Waals surface area contributed by atoms with Crippen LogP contribution >= 0.6 is 15.9 Å². The van der Waals surface area contributed by atoms with Gasteiger partial charge < -0.3 is 10.8 Å². The molecule has 1 aromatic rings. The monoisotopic (exact) mass is 245 g/mol. The van der Waals surface area contributed by atoms with Gasteiger partial charge in [0.15, 0.2) is 0 Å². The quantitative estimate of drug-likeness (QED) is 0.783. The van der Waals surface area contributed by atoms with E-state index in [4.69, 9.17) is 5.11 Å². The summed E-state index contributed by atoms with van der Waals surface area (Å²) >= 11 is 3.27. The third kappa shape index (κ3) is 4.05. The van der Waals surface area contributed by atoms with Gasteiger partial charge in [-0.1, -0.05) is 28.1 Å². The van der Waals surface area contributed by atoms with Crippen LogP contribution in [0.5, 0.6) is 0 Å². The van der Waals surface area contributed by atoms with Gasteiger partial charge in [0.05, 0.1) is 5.56 Å². The molecule has 13 heavy (non-hydrogen) atoms. The second-order valence-corrected chi connectivity index (χ2v) is 2.70. The standard InChI is InChI=1S/C8H7BrO2.CH5N/c9-5-6-1-3-7(4-2-6)8(10)11;1-2/h1-4H,5H2,(H,10,11);2H2,1H3. The average Bonchev–Trinajstić information content (AvgIpc) is 2.21. The Labute approximate surface area is 85.7 Å². The number of hydrogen-bond acceptors (Lipinski definition) is 2. The normalized spacial score (nSPS) is 8.54. The Balaban J connectivity index is 0.000000671. The minimum Gasteiger partial charge on any atom is -0.478 e. The summed E-state index contributed by atoms with van der Waals surface area (Å²) in [5, 5.41) is 9.29. The van der Waals surface area contributed by atoms with Crippen molar-refractivity contribution in [1.29, 1.82) is 0 Å². The number of rotatable bonds is 2. The van der Waals surface area contributed by atoms with Gasteiger partial charge in [0.2, 0.25) is 0 Å². The van der Waals surface area contributed by atoms with Crippen LogP contribution in [0.1, 0.15) is 15.9 Å². The highest BCUT2D eigenvalue weighted by molar-refractivity contribution is 9.08. The maximum absolute atomic E-state index is 10.4. The van der Waals surface area contributed by atoms with Crippen LogP contribution < -0.4 is 5.73 Å². The zero-order valence-electron chi connectivity index (χ0n) is 7.33. The second-order valence-electron chi connectivity index (χ2n) is 2.14. The van der Waals surface area contributed by atoms with Crippen LogP contribution in [0.3, 0.4) is 0 Å². The van der Waals surface area contributed by atoms with Crippen LogP contribution in [0.2, 0.25) is 0 Å². The Morgan fingerprint density at radius 2 is 1.85 bits per heavy atom. The van der Waals surface area contributed by atoms with Gasteiger partial charge in [-0.2, -0.15) is 0 Å². The van der Waals surface area contributed by atoms with Gasteiger partial charge in [-0.25, -0.2) is 4.79 Å². The van der Waals surface area contributed by atoms with E-state index in [9.17, 15) is 4.79 Å². The van der Waals surface area contributed by atoms with Gasteiger partial charge >= 0.3 is 5.97 Å². The zero-order chi connectivity index (χ0) is 10.3. The maximum atomic E-state index is 10.4. The molecule has 0 aliphatic heterocycles. The minimum atomic E-state index is -0.883. The predicted octanol–water partition coefficient (Wildman–Crippen LogP) is 1.85. The molecule has 0 fully saturated rings. The highest BCUT2D eigenvalue weighted by atomic mass is 79.9. The number of carboxylic acids is 1. The topological polar surface area (TPSA) is 63.3 Å². The van der Waals surface area contributed by atoms with Gasteiger partial charge in [-0.15, -0.1) is 0 Å². The Kier molecular flexibility index (Phi) is 6.18. The van der Waals surface area contributed by atoms with Crippen molar-refractivity contribution < 1.29 is 9.90 Å². The molecule has 0 saturated heterocycles. The van der Waals surface area contributed by atoms with E-state index >= 15 is 0 Å². The molecule has 0 unspecified atom stereocenters. The summed E-state index contributed by atoms with van der Waals surface area (Å²) in [6.45, 7) is 0. The smallest absolute Gasteiger partial charge is 0.335 e. The number of benzene rings is 1. The molecule has 4 heteroatoms. The highest BCUT2D eigenvalue weighted by Crippen LogP contribution is 2.07. The van der Waals surface area contributed by atoms with Crippen LogP contribution in [0.25, 0.3) is 0 Å². The maximum Gasteiger partial charge on any atom is 0.335 e. The number of halogens is 1. The lowest BCUT2D eigenvalue weighted by molar-refractivity contribution is 0.0697. The van der Waals surface area contributed by atoms with E-state index in [0.29, 0.717) is 5.56 Å². The lowest BCUT2D eigenvalue weighted by Crippen LogP contribution is -1.95. The summed E-state index contributed by atoms with van der Waals surface area (Å²) in [6.07, 6.45) is 0. The molecule has 0 radical (unpaired) electrons. The lowest BCUT2D eigenvalue weighted by Gasteiger charge is -1.95. The fourth-order valence-corrected chi connectivity index (χ4v) is 1.11. The molecule has 0 aliphatic carbocycles. The number of carbonyl (C=O) groups is 1. The summed E-state index contributed by atoms with van der Waals surface area (Å²) in [5.74, 6) is -0.883. The van der Waals surface area contributed by atoms with Crippen molar-refractivity contribution in [2.24, 2.45) is 5.73 Å². The summed E-state index contributed by atoms with van der Waals surface area (Å²) < 4.78 is 0. The molecule has 0 atom stereocenters. The van der Waals surface area contributed by atoms with Crippen molar-refractivity contribution in [2.45, 2.75) is 5.33 Å². The first-order valence-electron chi connectivity index (χ1n) is 3.70. The van der Waals surface area contributed by atoms with Crippen molar-refractivity contribution in [1.82, 2.24) is 0 Å². The summed E-state index contributed by atoms with van der Waals surface area (Å²) in [6, 6.07) is 6.77. The largest absolute Gasteiger partial charge is 0.478 e. The Hall–Kier alpha value is -0.870. The number of alkyl halides is 1. The van der Waals surface area contributed by atoms with E-state index in [1.54, 1.807) is 24.3 Å². The lowest BCUT2D eigenvalue weighted by atomic mass is 10.2. The van der Waals surface area contributed by atoms with E-state index in [2.05, 4.69) is 21.7 Å². The van der Waals surface area contributed by atoms with Crippen LogP contribution in [0, 0.1) is 0 Å². The highest BCUT2D eigenvalue weighted by Gasteiger charge is 1.99. The van der Waals surface area contributed by atoms with Gasteiger partial charge in [0, 0.05) is 5.33 Å². The van der Waals surface area contributed by atoms with Crippen LogP contribution in [0.15, 0.2) is 24.3 Å². The van der Waals surface area contributed by atoms with Gasteiger partial charge in [-0.05, 0) is 24.7 Å². The Morgan fingerprint density at radius 1 is 1.38 bits per heavy atom. The fraction of sp³-hybridized carbons (Fsp3) is 0.222. The molecule has 72 valence electrons. The van der Waals surface area contributed by atoms with E-state index in [-0.39, 0.29) is 0 Å². The van der Waals surface area contributed by atoms with Crippen molar-refractivity contribution in [3.05, 3.63) is 35.4 Å². The molecule has 0 aromatic heterocycles. The SMILES string of the molecule is CN.O=C(O)c1ccc(CBr)cc1. The first kappa shape index (κ1) is 12.1. The van der Waals surface area contributed by atoms with E-state index in [0.717, 1.165) is 10.9 Å². The number of carboxylic acid groups (broad SMARTS) is 1. The summed E-state index contributed by atoms with van der Waals surface area (Å²) in [5.41, 5.74) is 5.91. The van der Waals surface area contributed by atoms with Crippen molar-refractivity contribution >= 4 is 21.9 Å². The molecule has 3 N–H and O–H groups in total. The second kappa shape index (κ2) is 6.62. The number of nitrogens with two attached hydrogens (primary N) is 1. The molecule has 0 saturated carbocycles. The van der Waals surface area contributed by atoms with Gasteiger partial charge in [0.1, 0.15) is 0 Å². The fourth-order valence-electron chi connectivity index (χ4n) is 0.736. The number of hydrogen-bond donors (Lipinski definition) is 2. The Morgan fingerprint density at radius 3 is 2.15 bits per heavy atom. The third-order valence-corrected chi connectivity index (χ3v) is 2.00. The first-order chi connectivity index (χ1) is 6.24. The molecular formula is C9H12BrNO2. The van der Waals surface area contributed by atoms with Crippen molar-refractivity contribution in [3.63, 3.8) is 0 Å². The van der Waals surface area contributed by atoms with Crippen molar-refractivity contribution in [2.75, 3.05) is 7.05 Å². The van der Waals surface area contributed by atoms with Crippen LogP contribution in [-0.2, 0) is 5.33 Å². The molecule has 0 spiro atoms. The summed E-state index contributed by atoms with van der Waals surface area (Å²) in [7, 11) is 1.50. The first-order valence-corrected chi connectivity index (χ1v) is 4.82. The van der Waals surface area contributed by atoms with E-state index in [1.807, 2.05) is 0 Å². The molecule has 0 aliphatic rings. The van der Waals surface area contributed by atoms with Gasteiger partial charge in [-0.3, -0.25) is 0 Å². The Bertz CT molecular complexity index is 259. The predicted molar refractivity (Wildman–Crippen MR) is 56.1 cm³/mol. The van der Waals surface area contributed by atoms with E-state index in [1.165, 1.54) is 7.05 Å². The third-order valence-electron chi connectivity index (χ3n) is 1.36. The average molecular weight is 246 g/mol. The van der Waals surface area contributed by atoms with Crippen LogP contribution in [-0.4, -0.2) is 18.1 Å². The molecule has 3 nitrogen and oxygen atoms in total. The minimum absolute atomic E-state index is 0.328. The molecule has 0 amide bonds. The molecule has 1 aromatic carbocycles. The number of aromatic carboxylic acids is 1. The van der Waals surface area contributed by atoms with Gasteiger partial charge in [0.25, 0.3) is 0 Å². The molecular weight excluding hydrogens is 234 g/mol. The summed E-state index contributed by atoms with van der Waals surface area (Å²) in [4.78, 5) is 10.4. The molecule has 0 heterocycles.